The minimum absolute atomic E-state index is 0.0276. The first-order valence-electron chi connectivity index (χ1n) is 7.75. The summed E-state index contributed by atoms with van der Waals surface area (Å²) in [7, 11) is 0. The normalized spacial score (nSPS) is 12.5. The van der Waals surface area contributed by atoms with Gasteiger partial charge in [-0.3, -0.25) is 4.79 Å². The Kier molecular flexibility index (Phi) is 4.99. The number of fused-ring (bicyclic) bond motifs is 1. The predicted octanol–water partition coefficient (Wildman–Crippen LogP) is 3.46. The molecule has 116 valence electrons. The van der Waals surface area contributed by atoms with Gasteiger partial charge in [-0.15, -0.1) is 11.8 Å². The van der Waals surface area contributed by atoms with Crippen molar-refractivity contribution in [1.82, 2.24) is 5.32 Å². The van der Waals surface area contributed by atoms with Crippen LogP contribution in [0.25, 0.3) is 0 Å². The lowest BCUT2D eigenvalue weighted by Crippen LogP contribution is -2.24. The standard InChI is InChI=1S/C19H18N2OS/c20-11-14-4-6-15(7-5-14)12-21-19(22)13-23-18-9-8-16-2-1-3-17(16)10-18/h4-10H,1-3,12-13H2,(H,21,22). The molecule has 23 heavy (non-hydrogen) atoms. The molecule has 0 unspecified atom stereocenters. The molecule has 0 aliphatic heterocycles. The van der Waals surface area contributed by atoms with Crippen molar-refractivity contribution in [3.63, 3.8) is 0 Å². The van der Waals surface area contributed by atoms with Gasteiger partial charge in [0.1, 0.15) is 0 Å². The first-order valence-corrected chi connectivity index (χ1v) is 8.73. The summed E-state index contributed by atoms with van der Waals surface area (Å²) in [6.45, 7) is 0.495. The van der Waals surface area contributed by atoms with E-state index < -0.39 is 0 Å². The minimum atomic E-state index is 0.0276. The van der Waals surface area contributed by atoms with Crippen molar-refractivity contribution in [1.29, 1.82) is 5.26 Å². The Hall–Kier alpha value is -2.25. The minimum Gasteiger partial charge on any atom is -0.351 e. The van der Waals surface area contributed by atoms with Gasteiger partial charge in [0.05, 0.1) is 17.4 Å². The molecule has 1 aliphatic carbocycles. The van der Waals surface area contributed by atoms with Gasteiger partial charge in [0.15, 0.2) is 0 Å². The molecular formula is C19H18N2OS. The number of nitriles is 1. The third-order valence-corrected chi connectivity index (χ3v) is 5.01. The van der Waals surface area contributed by atoms with E-state index in [2.05, 4.69) is 29.6 Å². The van der Waals surface area contributed by atoms with Crippen LogP contribution >= 0.6 is 11.8 Å². The molecular weight excluding hydrogens is 304 g/mol. The highest BCUT2D eigenvalue weighted by Gasteiger charge is 2.11. The number of hydrogen-bond donors (Lipinski definition) is 1. The summed E-state index contributed by atoms with van der Waals surface area (Å²) in [5.41, 5.74) is 4.53. The number of aryl methyl sites for hydroxylation is 2. The third kappa shape index (κ3) is 4.14. The summed E-state index contributed by atoms with van der Waals surface area (Å²) in [5, 5.41) is 11.7. The molecule has 0 aromatic heterocycles. The van der Waals surface area contributed by atoms with E-state index in [1.165, 1.54) is 28.9 Å². The number of amides is 1. The second kappa shape index (κ2) is 7.34. The highest BCUT2D eigenvalue weighted by atomic mass is 32.2. The smallest absolute Gasteiger partial charge is 0.230 e. The van der Waals surface area contributed by atoms with Gasteiger partial charge in [-0.2, -0.15) is 5.26 Å². The largest absolute Gasteiger partial charge is 0.351 e. The Bertz CT molecular complexity index is 747. The second-order valence-corrected chi connectivity index (χ2v) is 6.71. The molecule has 3 rings (SSSR count). The third-order valence-electron chi connectivity index (χ3n) is 4.01. The van der Waals surface area contributed by atoms with Crippen LogP contribution in [-0.2, 0) is 24.2 Å². The monoisotopic (exact) mass is 322 g/mol. The molecule has 0 bridgehead atoms. The zero-order valence-electron chi connectivity index (χ0n) is 12.8. The van der Waals surface area contributed by atoms with Gasteiger partial charge in [0, 0.05) is 11.4 Å². The van der Waals surface area contributed by atoms with Crippen LogP contribution in [-0.4, -0.2) is 11.7 Å². The maximum absolute atomic E-state index is 12.0. The van der Waals surface area contributed by atoms with Gasteiger partial charge >= 0.3 is 0 Å². The average Bonchev–Trinajstić information content (AvgIpc) is 3.06. The van der Waals surface area contributed by atoms with Crippen molar-refractivity contribution >= 4 is 17.7 Å². The highest BCUT2D eigenvalue weighted by Crippen LogP contribution is 2.27. The number of hydrogen-bond acceptors (Lipinski definition) is 3. The number of nitrogens with one attached hydrogen (secondary N) is 1. The summed E-state index contributed by atoms with van der Waals surface area (Å²) in [6.07, 6.45) is 3.59. The van der Waals surface area contributed by atoms with Crippen LogP contribution < -0.4 is 5.32 Å². The summed E-state index contributed by atoms with van der Waals surface area (Å²) in [6, 6.07) is 15.9. The van der Waals surface area contributed by atoms with Gasteiger partial charge in [-0.1, -0.05) is 18.2 Å². The maximum Gasteiger partial charge on any atom is 0.230 e. The van der Waals surface area contributed by atoms with Crippen molar-refractivity contribution in [2.45, 2.75) is 30.7 Å². The number of thioether (sulfide) groups is 1. The van der Waals surface area contributed by atoms with Gasteiger partial charge in [-0.05, 0) is 60.2 Å². The van der Waals surface area contributed by atoms with Crippen molar-refractivity contribution in [2.24, 2.45) is 0 Å². The molecule has 1 N–H and O–H groups in total. The van der Waals surface area contributed by atoms with Crippen molar-refractivity contribution in [3.8, 4) is 6.07 Å². The molecule has 0 fully saturated rings. The fourth-order valence-corrected chi connectivity index (χ4v) is 3.53. The van der Waals surface area contributed by atoms with Crippen LogP contribution in [0.5, 0.6) is 0 Å². The Morgan fingerprint density at radius 2 is 1.91 bits per heavy atom. The molecule has 2 aromatic carbocycles. The highest BCUT2D eigenvalue weighted by molar-refractivity contribution is 8.00. The molecule has 0 radical (unpaired) electrons. The fraction of sp³-hybridized carbons (Fsp3) is 0.263. The maximum atomic E-state index is 12.0. The zero-order valence-corrected chi connectivity index (χ0v) is 13.7. The SMILES string of the molecule is N#Cc1ccc(CNC(=O)CSc2ccc3c(c2)CCC3)cc1. The molecule has 2 aromatic rings. The van der Waals surface area contributed by atoms with E-state index in [0.29, 0.717) is 17.9 Å². The quantitative estimate of drug-likeness (QED) is 0.858. The first kappa shape index (κ1) is 15.6. The summed E-state index contributed by atoms with van der Waals surface area (Å²) >= 11 is 1.58. The van der Waals surface area contributed by atoms with Crippen LogP contribution in [0, 0.1) is 11.3 Å². The molecule has 0 saturated carbocycles. The van der Waals surface area contributed by atoms with Crippen molar-refractivity contribution in [2.75, 3.05) is 5.75 Å². The van der Waals surface area contributed by atoms with E-state index in [4.69, 9.17) is 5.26 Å². The molecule has 0 spiro atoms. The molecule has 3 nitrogen and oxygen atoms in total. The lowest BCUT2D eigenvalue weighted by molar-refractivity contribution is -0.118. The van der Waals surface area contributed by atoms with Crippen molar-refractivity contribution in [3.05, 3.63) is 64.7 Å². The van der Waals surface area contributed by atoms with Gasteiger partial charge in [0.2, 0.25) is 5.91 Å². The Morgan fingerprint density at radius 1 is 1.13 bits per heavy atom. The van der Waals surface area contributed by atoms with Crippen LogP contribution in [0.2, 0.25) is 0 Å². The molecule has 0 saturated heterocycles. The van der Waals surface area contributed by atoms with Crippen LogP contribution in [0.4, 0.5) is 0 Å². The van der Waals surface area contributed by atoms with E-state index in [-0.39, 0.29) is 5.91 Å². The number of benzene rings is 2. The Morgan fingerprint density at radius 3 is 2.70 bits per heavy atom. The summed E-state index contributed by atoms with van der Waals surface area (Å²) in [4.78, 5) is 13.1. The van der Waals surface area contributed by atoms with Gasteiger partial charge in [-0.25, -0.2) is 0 Å². The second-order valence-electron chi connectivity index (χ2n) is 5.66. The van der Waals surface area contributed by atoms with Crippen LogP contribution in [0.15, 0.2) is 47.4 Å². The van der Waals surface area contributed by atoms with E-state index in [0.717, 1.165) is 12.0 Å². The molecule has 0 heterocycles. The molecule has 1 amide bonds. The zero-order chi connectivity index (χ0) is 16.1. The lowest BCUT2D eigenvalue weighted by Gasteiger charge is -2.07. The predicted molar refractivity (Wildman–Crippen MR) is 92.2 cm³/mol. The first-order chi connectivity index (χ1) is 11.2. The number of nitrogens with zero attached hydrogens (tertiary/aromatic N) is 1. The Labute approximate surface area is 140 Å². The molecule has 0 atom stereocenters. The number of carbonyl (C=O) groups is 1. The van der Waals surface area contributed by atoms with Crippen molar-refractivity contribution < 1.29 is 4.79 Å². The summed E-state index contributed by atoms with van der Waals surface area (Å²) in [5.74, 6) is 0.453. The van der Waals surface area contributed by atoms with Gasteiger partial charge < -0.3 is 5.32 Å². The number of rotatable bonds is 5. The van der Waals surface area contributed by atoms with E-state index in [9.17, 15) is 4.79 Å². The Balaban J connectivity index is 1.47. The number of carbonyl (C=O) groups excluding carboxylic acids is 1. The molecule has 4 heteroatoms. The van der Waals surface area contributed by atoms with E-state index in [1.54, 1.807) is 23.9 Å². The van der Waals surface area contributed by atoms with Crippen LogP contribution in [0.3, 0.4) is 0 Å². The van der Waals surface area contributed by atoms with Gasteiger partial charge in [0.25, 0.3) is 0 Å². The fourth-order valence-electron chi connectivity index (χ4n) is 2.74. The van der Waals surface area contributed by atoms with E-state index in [1.807, 2.05) is 12.1 Å². The summed E-state index contributed by atoms with van der Waals surface area (Å²) < 4.78 is 0. The lowest BCUT2D eigenvalue weighted by atomic mass is 10.1. The van der Waals surface area contributed by atoms with E-state index >= 15 is 0 Å². The average molecular weight is 322 g/mol. The topological polar surface area (TPSA) is 52.9 Å². The molecule has 1 aliphatic rings. The van der Waals surface area contributed by atoms with Crippen LogP contribution in [0.1, 0.15) is 28.7 Å².